The fraction of sp³-hybridized carbons (Fsp3) is 0.571. The average molecular weight is 232 g/mol. The lowest BCUT2D eigenvalue weighted by molar-refractivity contribution is 0.151. The Bertz CT molecular complexity index is 386. The minimum atomic E-state index is 0.846. The van der Waals surface area contributed by atoms with Crippen LogP contribution in [0.25, 0.3) is 0 Å². The quantitative estimate of drug-likeness (QED) is 0.864. The summed E-state index contributed by atoms with van der Waals surface area (Å²) in [6.07, 6.45) is 5.09. The number of ether oxygens (including phenoxy) is 1. The molecule has 0 aliphatic carbocycles. The number of piperidine rings is 1. The van der Waals surface area contributed by atoms with Gasteiger partial charge in [-0.2, -0.15) is 0 Å². The number of hydrogen-bond donors (Lipinski definition) is 1. The van der Waals surface area contributed by atoms with Gasteiger partial charge in [0.1, 0.15) is 5.75 Å². The molecule has 17 heavy (non-hydrogen) atoms. The van der Waals surface area contributed by atoms with Crippen LogP contribution in [0.1, 0.15) is 30.4 Å². The smallest absolute Gasteiger partial charge is 0.122 e. The molecular formula is C14H20N2O. The predicted octanol–water partition coefficient (Wildman–Crippen LogP) is 2.11. The van der Waals surface area contributed by atoms with Crippen molar-refractivity contribution in [3.05, 3.63) is 29.3 Å². The normalized spacial score (nSPS) is 20.0. The molecule has 2 heterocycles. The zero-order chi connectivity index (χ0) is 11.5. The van der Waals surface area contributed by atoms with Gasteiger partial charge in [-0.15, -0.1) is 0 Å². The van der Waals surface area contributed by atoms with E-state index in [0.717, 1.165) is 25.3 Å². The molecular weight excluding hydrogens is 212 g/mol. The van der Waals surface area contributed by atoms with E-state index in [1.165, 1.54) is 43.5 Å². The molecule has 0 amide bonds. The highest BCUT2D eigenvalue weighted by Gasteiger charge is 2.13. The first kappa shape index (κ1) is 11.1. The van der Waals surface area contributed by atoms with Crippen molar-refractivity contribution in [1.82, 2.24) is 10.4 Å². The zero-order valence-corrected chi connectivity index (χ0v) is 10.2. The van der Waals surface area contributed by atoms with Crippen molar-refractivity contribution in [2.75, 3.05) is 19.7 Å². The molecule has 0 spiro atoms. The van der Waals surface area contributed by atoms with Crippen LogP contribution >= 0.6 is 0 Å². The standard InChI is InChI=1S/C14H20N2O/c1-2-7-16(8-3-1)15-11-12-4-5-14-13(10-12)6-9-17-14/h4-5,10,15H,1-3,6-9,11H2. The summed E-state index contributed by atoms with van der Waals surface area (Å²) in [5.74, 6) is 1.08. The van der Waals surface area contributed by atoms with Crippen molar-refractivity contribution in [3.63, 3.8) is 0 Å². The van der Waals surface area contributed by atoms with Crippen LogP contribution in [-0.4, -0.2) is 24.7 Å². The molecule has 2 aliphatic heterocycles. The number of hydrogen-bond acceptors (Lipinski definition) is 3. The highest BCUT2D eigenvalue weighted by atomic mass is 16.5. The summed E-state index contributed by atoms with van der Waals surface area (Å²) < 4.78 is 5.52. The molecule has 2 aliphatic rings. The monoisotopic (exact) mass is 232 g/mol. The minimum Gasteiger partial charge on any atom is -0.493 e. The topological polar surface area (TPSA) is 24.5 Å². The Morgan fingerprint density at radius 2 is 2.06 bits per heavy atom. The van der Waals surface area contributed by atoms with Crippen molar-refractivity contribution in [2.45, 2.75) is 32.2 Å². The second-order valence-corrected chi connectivity index (χ2v) is 4.92. The second-order valence-electron chi connectivity index (χ2n) is 4.92. The van der Waals surface area contributed by atoms with Crippen molar-refractivity contribution >= 4 is 0 Å². The summed E-state index contributed by atoms with van der Waals surface area (Å²) in [6, 6.07) is 6.55. The maximum atomic E-state index is 5.52. The van der Waals surface area contributed by atoms with Gasteiger partial charge in [-0.05, 0) is 30.0 Å². The summed E-state index contributed by atoms with van der Waals surface area (Å²) in [4.78, 5) is 0. The van der Waals surface area contributed by atoms with E-state index in [-0.39, 0.29) is 0 Å². The number of nitrogens with zero attached hydrogens (tertiary/aromatic N) is 1. The highest BCUT2D eigenvalue weighted by Crippen LogP contribution is 2.25. The van der Waals surface area contributed by atoms with Gasteiger partial charge in [0.05, 0.1) is 6.61 Å². The molecule has 1 N–H and O–H groups in total. The summed E-state index contributed by atoms with van der Waals surface area (Å²) >= 11 is 0. The van der Waals surface area contributed by atoms with Crippen LogP contribution in [0.4, 0.5) is 0 Å². The Balaban J connectivity index is 1.57. The number of rotatable bonds is 3. The Kier molecular flexibility index (Phi) is 3.29. The fourth-order valence-electron chi connectivity index (χ4n) is 2.60. The first-order valence-corrected chi connectivity index (χ1v) is 6.65. The van der Waals surface area contributed by atoms with Crippen LogP contribution in [0.3, 0.4) is 0 Å². The van der Waals surface area contributed by atoms with Crippen LogP contribution in [0.5, 0.6) is 5.75 Å². The molecule has 1 saturated heterocycles. The molecule has 92 valence electrons. The molecule has 0 bridgehead atoms. The summed E-state index contributed by atoms with van der Waals surface area (Å²) in [6.45, 7) is 4.16. The van der Waals surface area contributed by atoms with Gasteiger partial charge < -0.3 is 4.74 Å². The Morgan fingerprint density at radius 1 is 1.18 bits per heavy atom. The molecule has 1 aromatic rings. The van der Waals surface area contributed by atoms with Gasteiger partial charge in [0.2, 0.25) is 0 Å². The van der Waals surface area contributed by atoms with E-state index in [1.54, 1.807) is 0 Å². The van der Waals surface area contributed by atoms with Crippen molar-refractivity contribution < 1.29 is 4.74 Å². The minimum absolute atomic E-state index is 0.846. The third-order valence-corrected chi connectivity index (χ3v) is 3.62. The molecule has 0 saturated carbocycles. The van der Waals surface area contributed by atoms with Gasteiger partial charge in [0, 0.05) is 26.1 Å². The highest BCUT2D eigenvalue weighted by molar-refractivity contribution is 5.39. The van der Waals surface area contributed by atoms with Gasteiger partial charge in [0.25, 0.3) is 0 Å². The van der Waals surface area contributed by atoms with E-state index < -0.39 is 0 Å². The lowest BCUT2D eigenvalue weighted by Gasteiger charge is -2.27. The second kappa shape index (κ2) is 5.07. The van der Waals surface area contributed by atoms with E-state index >= 15 is 0 Å². The van der Waals surface area contributed by atoms with E-state index in [9.17, 15) is 0 Å². The van der Waals surface area contributed by atoms with Crippen LogP contribution in [0, 0.1) is 0 Å². The molecule has 3 nitrogen and oxygen atoms in total. The molecule has 1 aromatic carbocycles. The van der Waals surface area contributed by atoms with Crippen LogP contribution < -0.4 is 10.2 Å². The van der Waals surface area contributed by atoms with Crippen LogP contribution in [0.2, 0.25) is 0 Å². The predicted molar refractivity (Wildman–Crippen MR) is 67.9 cm³/mol. The number of nitrogens with one attached hydrogen (secondary N) is 1. The SMILES string of the molecule is c1cc2c(cc1CNN1CCCCC1)CCO2. The molecule has 0 unspecified atom stereocenters. The molecule has 1 fully saturated rings. The van der Waals surface area contributed by atoms with E-state index in [4.69, 9.17) is 4.74 Å². The number of benzene rings is 1. The van der Waals surface area contributed by atoms with Crippen LogP contribution in [-0.2, 0) is 13.0 Å². The molecule has 0 aromatic heterocycles. The lowest BCUT2D eigenvalue weighted by atomic mass is 10.1. The third-order valence-electron chi connectivity index (χ3n) is 3.62. The molecule has 3 heteroatoms. The first-order valence-electron chi connectivity index (χ1n) is 6.65. The van der Waals surface area contributed by atoms with Crippen molar-refractivity contribution in [1.29, 1.82) is 0 Å². The van der Waals surface area contributed by atoms with Crippen molar-refractivity contribution in [2.24, 2.45) is 0 Å². The summed E-state index contributed by atoms with van der Waals surface area (Å²) in [7, 11) is 0. The maximum Gasteiger partial charge on any atom is 0.122 e. The molecule has 0 radical (unpaired) electrons. The molecule has 3 rings (SSSR count). The fourth-order valence-corrected chi connectivity index (χ4v) is 2.60. The third kappa shape index (κ3) is 2.61. The van der Waals surface area contributed by atoms with E-state index in [1.807, 2.05) is 0 Å². The molecule has 0 atom stereocenters. The number of hydrazine groups is 1. The van der Waals surface area contributed by atoms with Crippen molar-refractivity contribution in [3.8, 4) is 5.75 Å². The van der Waals surface area contributed by atoms with E-state index in [2.05, 4.69) is 28.6 Å². The van der Waals surface area contributed by atoms with Gasteiger partial charge in [0.15, 0.2) is 0 Å². The maximum absolute atomic E-state index is 5.52. The first-order chi connectivity index (χ1) is 8.42. The Labute approximate surface area is 103 Å². The summed E-state index contributed by atoms with van der Waals surface area (Å²) in [5.41, 5.74) is 6.25. The summed E-state index contributed by atoms with van der Waals surface area (Å²) in [5, 5.41) is 2.35. The van der Waals surface area contributed by atoms with Gasteiger partial charge in [-0.3, -0.25) is 5.43 Å². The van der Waals surface area contributed by atoms with Gasteiger partial charge in [-0.25, -0.2) is 5.01 Å². The van der Waals surface area contributed by atoms with Gasteiger partial charge in [-0.1, -0.05) is 18.6 Å². The lowest BCUT2D eigenvalue weighted by Crippen LogP contribution is -2.41. The van der Waals surface area contributed by atoms with E-state index in [0.29, 0.717) is 0 Å². The average Bonchev–Trinajstić information content (AvgIpc) is 2.85. The number of fused-ring (bicyclic) bond motifs is 1. The Hall–Kier alpha value is -1.06. The largest absolute Gasteiger partial charge is 0.493 e. The van der Waals surface area contributed by atoms with Gasteiger partial charge >= 0.3 is 0 Å². The zero-order valence-electron chi connectivity index (χ0n) is 10.2. The van der Waals surface area contributed by atoms with Crippen LogP contribution in [0.15, 0.2) is 18.2 Å². The Morgan fingerprint density at radius 3 is 2.94 bits per heavy atom.